The maximum absolute atomic E-state index is 13.4. The summed E-state index contributed by atoms with van der Waals surface area (Å²) in [5.74, 6) is 0.905. The number of imidazole rings is 1. The van der Waals surface area contributed by atoms with Crippen LogP contribution >= 0.6 is 0 Å². The molecule has 7 heteroatoms. The fourth-order valence-corrected chi connectivity index (χ4v) is 3.82. The van der Waals surface area contributed by atoms with Gasteiger partial charge in [-0.3, -0.25) is 0 Å². The minimum Gasteiger partial charge on any atom is -0.380 e. The number of aromatic nitrogens is 4. The van der Waals surface area contributed by atoms with Crippen molar-refractivity contribution in [3.63, 3.8) is 0 Å². The monoisotopic (exact) mass is 378 g/mol. The third-order valence-corrected chi connectivity index (χ3v) is 5.41. The molecular formula is C21H19FN4O2. The zero-order valence-corrected chi connectivity index (χ0v) is 15.2. The highest BCUT2D eigenvalue weighted by molar-refractivity contribution is 5.74. The molecular weight excluding hydrogens is 359 g/mol. The first kappa shape index (κ1) is 17.1. The van der Waals surface area contributed by atoms with Crippen LogP contribution in [0.2, 0.25) is 0 Å². The van der Waals surface area contributed by atoms with Crippen molar-refractivity contribution >= 4 is 11.0 Å². The van der Waals surface area contributed by atoms with E-state index >= 15 is 0 Å². The maximum Gasteiger partial charge on any atom is 0.228 e. The van der Waals surface area contributed by atoms with E-state index in [1.54, 1.807) is 12.1 Å². The molecule has 1 fully saturated rings. The zero-order chi connectivity index (χ0) is 19.0. The number of hydrogen-bond acceptors (Lipinski definition) is 5. The molecule has 1 aliphatic heterocycles. The van der Waals surface area contributed by atoms with Crippen molar-refractivity contribution < 1.29 is 13.7 Å². The number of benzene rings is 2. The van der Waals surface area contributed by atoms with Crippen LogP contribution in [0.1, 0.15) is 23.7 Å². The van der Waals surface area contributed by atoms with E-state index in [1.807, 2.05) is 30.6 Å². The number of ether oxygens (including phenoxy) is 1. The van der Waals surface area contributed by atoms with Gasteiger partial charge < -0.3 is 13.8 Å². The summed E-state index contributed by atoms with van der Waals surface area (Å²) in [6, 6.07) is 14.5. The van der Waals surface area contributed by atoms with Crippen LogP contribution in [0, 0.1) is 5.82 Å². The van der Waals surface area contributed by atoms with Crippen LogP contribution in [0.15, 0.2) is 59.4 Å². The van der Waals surface area contributed by atoms with Gasteiger partial charge in [-0.15, -0.1) is 0 Å². The van der Waals surface area contributed by atoms with Crippen molar-refractivity contribution in [3.05, 3.63) is 78.0 Å². The normalized spacial score (nSPS) is 19.5. The molecule has 28 heavy (non-hydrogen) atoms. The van der Waals surface area contributed by atoms with Gasteiger partial charge in [0.05, 0.1) is 29.4 Å². The molecule has 142 valence electrons. The van der Waals surface area contributed by atoms with Crippen molar-refractivity contribution in [1.82, 2.24) is 19.7 Å². The van der Waals surface area contributed by atoms with Gasteiger partial charge in [0.15, 0.2) is 5.82 Å². The molecule has 3 heterocycles. The zero-order valence-electron chi connectivity index (χ0n) is 15.2. The second-order valence-corrected chi connectivity index (χ2v) is 7.08. The molecule has 0 radical (unpaired) electrons. The first-order chi connectivity index (χ1) is 13.7. The Bertz CT molecular complexity index is 1100. The van der Waals surface area contributed by atoms with Crippen LogP contribution in [0.5, 0.6) is 0 Å². The molecule has 1 saturated heterocycles. The summed E-state index contributed by atoms with van der Waals surface area (Å²) in [5, 5.41) is 4.25. The van der Waals surface area contributed by atoms with E-state index in [1.165, 1.54) is 12.1 Å². The molecule has 0 aliphatic carbocycles. The van der Waals surface area contributed by atoms with Crippen LogP contribution in [0.4, 0.5) is 4.39 Å². The minimum atomic E-state index is -0.489. The fourth-order valence-electron chi connectivity index (χ4n) is 3.82. The first-order valence-corrected chi connectivity index (χ1v) is 9.31. The maximum atomic E-state index is 13.4. The average Bonchev–Trinajstić information content (AvgIpc) is 3.46. The van der Waals surface area contributed by atoms with Crippen LogP contribution < -0.4 is 0 Å². The molecule has 0 amide bonds. The second-order valence-electron chi connectivity index (χ2n) is 7.08. The molecule has 6 nitrogen and oxygen atoms in total. The Morgan fingerprint density at radius 2 is 1.96 bits per heavy atom. The number of aryl methyl sites for hydroxylation is 2. The summed E-state index contributed by atoms with van der Waals surface area (Å²) in [4.78, 5) is 9.06. The number of nitrogens with zero attached hydrogens (tertiary/aromatic N) is 4. The highest BCUT2D eigenvalue weighted by Gasteiger charge is 2.42. The standard InChI is InChI=1S/C21H19FN4O2/c22-16-7-5-15(6-8-16)21(10-12-27-13-21)20-24-19(28-25-20)9-11-26-14-23-17-3-1-2-4-18(17)26/h1-8,14H,9-13H2. The smallest absolute Gasteiger partial charge is 0.228 e. The van der Waals surface area contributed by atoms with Crippen molar-refractivity contribution in [2.75, 3.05) is 13.2 Å². The van der Waals surface area contributed by atoms with E-state index in [4.69, 9.17) is 9.26 Å². The van der Waals surface area contributed by atoms with Gasteiger partial charge in [-0.25, -0.2) is 9.37 Å². The first-order valence-electron chi connectivity index (χ1n) is 9.31. The van der Waals surface area contributed by atoms with Gasteiger partial charge in [0.25, 0.3) is 0 Å². The van der Waals surface area contributed by atoms with Gasteiger partial charge in [-0.05, 0) is 36.2 Å². The van der Waals surface area contributed by atoms with E-state index < -0.39 is 5.41 Å². The topological polar surface area (TPSA) is 66.0 Å². The lowest BCUT2D eigenvalue weighted by molar-refractivity contribution is 0.182. The summed E-state index contributed by atoms with van der Waals surface area (Å²) >= 11 is 0. The Morgan fingerprint density at radius 3 is 2.79 bits per heavy atom. The van der Waals surface area contributed by atoms with Crippen LogP contribution in [0.3, 0.4) is 0 Å². The van der Waals surface area contributed by atoms with Crippen LogP contribution in [-0.4, -0.2) is 32.9 Å². The quantitative estimate of drug-likeness (QED) is 0.532. The summed E-state index contributed by atoms with van der Waals surface area (Å²) in [7, 11) is 0. The number of fused-ring (bicyclic) bond motifs is 1. The summed E-state index contributed by atoms with van der Waals surface area (Å²) in [6.45, 7) is 1.77. The summed E-state index contributed by atoms with van der Waals surface area (Å²) in [5.41, 5.74) is 2.50. The van der Waals surface area contributed by atoms with E-state index in [0.29, 0.717) is 37.9 Å². The minimum absolute atomic E-state index is 0.265. The van der Waals surface area contributed by atoms with Crippen LogP contribution in [0.25, 0.3) is 11.0 Å². The van der Waals surface area contributed by atoms with Gasteiger partial charge in [0, 0.05) is 19.6 Å². The predicted molar refractivity (Wildman–Crippen MR) is 100 cm³/mol. The van der Waals surface area contributed by atoms with Gasteiger partial charge in [-0.2, -0.15) is 4.98 Å². The highest BCUT2D eigenvalue weighted by atomic mass is 19.1. The molecule has 1 unspecified atom stereocenters. The second kappa shape index (κ2) is 6.83. The van der Waals surface area contributed by atoms with Crippen molar-refractivity contribution in [2.45, 2.75) is 24.8 Å². The lowest BCUT2D eigenvalue weighted by Crippen LogP contribution is -2.29. The van der Waals surface area contributed by atoms with Crippen molar-refractivity contribution in [2.24, 2.45) is 0 Å². The lowest BCUT2D eigenvalue weighted by Gasteiger charge is -2.23. The summed E-state index contributed by atoms with van der Waals surface area (Å²) < 4.78 is 26.6. The van der Waals surface area contributed by atoms with E-state index in [2.05, 4.69) is 19.7 Å². The van der Waals surface area contributed by atoms with Crippen molar-refractivity contribution in [3.8, 4) is 0 Å². The molecule has 2 aromatic heterocycles. The highest BCUT2D eigenvalue weighted by Crippen LogP contribution is 2.38. The molecule has 0 spiro atoms. The molecule has 4 aromatic rings. The van der Waals surface area contributed by atoms with Crippen LogP contribution in [-0.2, 0) is 23.1 Å². The van der Waals surface area contributed by atoms with E-state index in [-0.39, 0.29) is 5.82 Å². The van der Waals surface area contributed by atoms with Gasteiger partial charge in [0.1, 0.15) is 5.82 Å². The Balaban J connectivity index is 1.39. The third kappa shape index (κ3) is 2.88. The third-order valence-electron chi connectivity index (χ3n) is 5.41. The SMILES string of the molecule is Fc1ccc(C2(c3noc(CCn4cnc5ccccc54)n3)CCOC2)cc1. The Kier molecular flexibility index (Phi) is 4.16. The number of halogens is 1. The fraction of sp³-hybridized carbons (Fsp3) is 0.286. The largest absolute Gasteiger partial charge is 0.380 e. The average molecular weight is 378 g/mol. The number of para-hydroxylation sites is 2. The van der Waals surface area contributed by atoms with E-state index in [9.17, 15) is 4.39 Å². The van der Waals surface area contributed by atoms with Gasteiger partial charge >= 0.3 is 0 Å². The summed E-state index contributed by atoms with van der Waals surface area (Å²) in [6.07, 6.45) is 3.17. The van der Waals surface area contributed by atoms with Gasteiger partial charge in [-0.1, -0.05) is 29.4 Å². The molecule has 1 atom stereocenters. The van der Waals surface area contributed by atoms with Gasteiger partial charge in [0.2, 0.25) is 5.89 Å². The number of hydrogen-bond donors (Lipinski definition) is 0. The predicted octanol–water partition coefficient (Wildman–Crippen LogP) is 3.51. The molecule has 5 rings (SSSR count). The Hall–Kier alpha value is -3.06. The number of rotatable bonds is 5. The molecule has 0 saturated carbocycles. The Morgan fingerprint density at radius 1 is 1.11 bits per heavy atom. The molecule has 1 aliphatic rings. The molecule has 0 bridgehead atoms. The molecule has 2 aromatic carbocycles. The van der Waals surface area contributed by atoms with E-state index in [0.717, 1.165) is 23.0 Å². The molecule has 0 N–H and O–H groups in total. The van der Waals surface area contributed by atoms with Crippen molar-refractivity contribution in [1.29, 1.82) is 0 Å². The Labute approximate surface area is 161 Å². The lowest BCUT2D eigenvalue weighted by atomic mass is 9.79.